The molecule has 0 spiro atoms. The minimum atomic E-state index is -1.12. The van der Waals surface area contributed by atoms with Gasteiger partial charge in [0.05, 0.1) is 19.9 Å². The SMILES string of the molecule is COc1cc(-c2cc(C(=O)O)nn2C)cc(CF)c1OC. The molecule has 0 fully saturated rings. The van der Waals surface area contributed by atoms with Crippen molar-refractivity contribution in [3.05, 3.63) is 29.5 Å². The molecule has 0 bridgehead atoms. The van der Waals surface area contributed by atoms with Crippen LogP contribution in [0.4, 0.5) is 4.39 Å². The lowest BCUT2D eigenvalue weighted by Gasteiger charge is -2.13. The minimum absolute atomic E-state index is 0.0796. The highest BCUT2D eigenvalue weighted by Crippen LogP contribution is 2.36. The van der Waals surface area contributed by atoms with E-state index >= 15 is 0 Å². The molecule has 0 aliphatic carbocycles. The Labute approximate surface area is 120 Å². The van der Waals surface area contributed by atoms with E-state index in [1.54, 1.807) is 19.2 Å². The molecule has 1 aromatic heterocycles. The zero-order chi connectivity index (χ0) is 15.6. The summed E-state index contributed by atoms with van der Waals surface area (Å²) in [5, 5.41) is 12.9. The third-order valence-electron chi connectivity index (χ3n) is 3.09. The summed E-state index contributed by atoms with van der Waals surface area (Å²) in [5.41, 5.74) is 1.39. The number of benzene rings is 1. The lowest BCUT2D eigenvalue weighted by atomic mass is 10.1. The molecule has 1 N–H and O–H groups in total. The van der Waals surface area contributed by atoms with Crippen LogP contribution in [0.1, 0.15) is 16.1 Å². The summed E-state index contributed by atoms with van der Waals surface area (Å²) >= 11 is 0. The number of rotatable bonds is 5. The number of methoxy groups -OCH3 is 2. The van der Waals surface area contributed by atoms with Gasteiger partial charge in [-0.05, 0) is 18.2 Å². The highest BCUT2D eigenvalue weighted by molar-refractivity contribution is 5.87. The molecule has 0 amide bonds. The van der Waals surface area contributed by atoms with Crippen molar-refractivity contribution in [1.29, 1.82) is 0 Å². The Hall–Kier alpha value is -2.57. The van der Waals surface area contributed by atoms with Crippen molar-refractivity contribution in [3.8, 4) is 22.8 Å². The number of carboxylic acids is 1. The fourth-order valence-electron chi connectivity index (χ4n) is 2.13. The lowest BCUT2D eigenvalue weighted by molar-refractivity contribution is 0.0689. The van der Waals surface area contributed by atoms with E-state index in [0.29, 0.717) is 28.3 Å². The summed E-state index contributed by atoms with van der Waals surface area (Å²) in [5.74, 6) is -0.423. The van der Waals surface area contributed by atoms with Crippen LogP contribution in [0.25, 0.3) is 11.3 Å². The van der Waals surface area contributed by atoms with Crippen LogP contribution in [0.3, 0.4) is 0 Å². The van der Waals surface area contributed by atoms with Gasteiger partial charge in [-0.15, -0.1) is 0 Å². The zero-order valence-corrected chi connectivity index (χ0v) is 11.9. The molecular weight excluding hydrogens is 279 g/mol. The van der Waals surface area contributed by atoms with Crippen molar-refractivity contribution in [2.24, 2.45) is 7.05 Å². The third-order valence-corrected chi connectivity index (χ3v) is 3.09. The Balaban J connectivity index is 2.61. The zero-order valence-electron chi connectivity index (χ0n) is 11.9. The Morgan fingerprint density at radius 3 is 2.52 bits per heavy atom. The number of alkyl halides is 1. The molecule has 0 aliphatic heterocycles. The van der Waals surface area contributed by atoms with Gasteiger partial charge in [-0.25, -0.2) is 9.18 Å². The molecule has 2 rings (SSSR count). The number of ether oxygens (including phenoxy) is 2. The van der Waals surface area contributed by atoms with Crippen LogP contribution in [-0.4, -0.2) is 35.1 Å². The van der Waals surface area contributed by atoms with Crippen LogP contribution in [-0.2, 0) is 13.7 Å². The first kappa shape index (κ1) is 14.8. The van der Waals surface area contributed by atoms with Crippen LogP contribution in [0.5, 0.6) is 11.5 Å². The summed E-state index contributed by atoms with van der Waals surface area (Å²) in [6, 6.07) is 4.66. The van der Waals surface area contributed by atoms with E-state index in [2.05, 4.69) is 5.10 Å². The first-order valence-electron chi connectivity index (χ1n) is 6.10. The average Bonchev–Trinajstić information content (AvgIpc) is 2.87. The number of halogens is 1. The summed E-state index contributed by atoms with van der Waals surface area (Å²) < 4.78 is 24.9. The molecule has 7 heteroatoms. The van der Waals surface area contributed by atoms with E-state index in [-0.39, 0.29) is 5.69 Å². The van der Waals surface area contributed by atoms with Gasteiger partial charge in [0.25, 0.3) is 0 Å². The van der Waals surface area contributed by atoms with Crippen LogP contribution in [0.15, 0.2) is 18.2 Å². The van der Waals surface area contributed by atoms with E-state index in [1.165, 1.54) is 25.0 Å². The second-order valence-electron chi connectivity index (χ2n) is 4.35. The standard InChI is InChI=1S/C14H15FN2O4/c1-17-11(6-10(16-17)14(18)19)8-4-9(7-15)13(21-3)12(5-8)20-2/h4-6H,7H2,1-3H3,(H,18,19). The summed E-state index contributed by atoms with van der Waals surface area (Å²) in [6.45, 7) is -0.725. The Bertz CT molecular complexity index is 657. The molecular formula is C14H15FN2O4. The minimum Gasteiger partial charge on any atom is -0.493 e. The Morgan fingerprint density at radius 1 is 1.33 bits per heavy atom. The number of hydrogen-bond acceptors (Lipinski definition) is 4. The van der Waals surface area contributed by atoms with Gasteiger partial charge in [0, 0.05) is 18.2 Å². The number of aryl methyl sites for hydroxylation is 1. The van der Waals surface area contributed by atoms with Crippen molar-refractivity contribution < 1.29 is 23.8 Å². The van der Waals surface area contributed by atoms with Gasteiger partial charge in [0.1, 0.15) is 6.67 Å². The molecule has 0 atom stereocenters. The van der Waals surface area contributed by atoms with Gasteiger partial charge in [-0.1, -0.05) is 0 Å². The highest BCUT2D eigenvalue weighted by atomic mass is 19.1. The van der Waals surface area contributed by atoms with Crippen molar-refractivity contribution >= 4 is 5.97 Å². The highest BCUT2D eigenvalue weighted by Gasteiger charge is 2.17. The van der Waals surface area contributed by atoms with E-state index in [0.717, 1.165) is 0 Å². The van der Waals surface area contributed by atoms with Crippen LogP contribution in [0, 0.1) is 0 Å². The van der Waals surface area contributed by atoms with Crippen molar-refractivity contribution in [2.75, 3.05) is 14.2 Å². The van der Waals surface area contributed by atoms with E-state index in [9.17, 15) is 9.18 Å². The molecule has 0 saturated carbocycles. The Kier molecular flexibility index (Phi) is 4.11. The first-order valence-corrected chi connectivity index (χ1v) is 6.10. The van der Waals surface area contributed by atoms with Gasteiger partial charge >= 0.3 is 5.97 Å². The molecule has 0 saturated heterocycles. The molecule has 0 aliphatic rings. The molecule has 2 aromatic rings. The van der Waals surface area contributed by atoms with Gasteiger partial charge in [0.2, 0.25) is 0 Å². The fourth-order valence-corrected chi connectivity index (χ4v) is 2.13. The Morgan fingerprint density at radius 2 is 2.05 bits per heavy atom. The van der Waals surface area contributed by atoms with E-state index < -0.39 is 12.6 Å². The van der Waals surface area contributed by atoms with Crippen LogP contribution >= 0.6 is 0 Å². The predicted molar refractivity (Wildman–Crippen MR) is 73.5 cm³/mol. The second-order valence-corrected chi connectivity index (χ2v) is 4.35. The van der Waals surface area contributed by atoms with Gasteiger partial charge in [-0.3, -0.25) is 4.68 Å². The summed E-state index contributed by atoms with van der Waals surface area (Å²) in [7, 11) is 4.51. The summed E-state index contributed by atoms with van der Waals surface area (Å²) in [4.78, 5) is 11.0. The number of aromatic nitrogens is 2. The maximum absolute atomic E-state index is 13.2. The number of carboxylic acid groups (broad SMARTS) is 1. The van der Waals surface area contributed by atoms with Crippen molar-refractivity contribution in [2.45, 2.75) is 6.67 Å². The molecule has 21 heavy (non-hydrogen) atoms. The molecule has 6 nitrogen and oxygen atoms in total. The van der Waals surface area contributed by atoms with Gasteiger partial charge < -0.3 is 14.6 Å². The normalized spacial score (nSPS) is 10.5. The topological polar surface area (TPSA) is 73.6 Å². The van der Waals surface area contributed by atoms with Crippen LogP contribution < -0.4 is 9.47 Å². The monoisotopic (exact) mass is 294 g/mol. The lowest BCUT2D eigenvalue weighted by Crippen LogP contribution is -2.00. The van der Waals surface area contributed by atoms with Crippen molar-refractivity contribution in [3.63, 3.8) is 0 Å². The fraction of sp³-hybridized carbons (Fsp3) is 0.286. The number of nitrogens with zero attached hydrogens (tertiary/aromatic N) is 2. The number of carbonyl (C=O) groups is 1. The van der Waals surface area contributed by atoms with E-state index in [1.807, 2.05) is 0 Å². The first-order chi connectivity index (χ1) is 10.0. The molecule has 1 heterocycles. The number of hydrogen-bond donors (Lipinski definition) is 1. The number of aromatic carboxylic acids is 1. The summed E-state index contributed by atoms with van der Waals surface area (Å²) in [6.07, 6.45) is 0. The molecule has 1 aromatic carbocycles. The van der Waals surface area contributed by atoms with Crippen molar-refractivity contribution in [1.82, 2.24) is 9.78 Å². The molecule has 0 unspecified atom stereocenters. The molecule has 0 radical (unpaired) electrons. The maximum Gasteiger partial charge on any atom is 0.356 e. The average molecular weight is 294 g/mol. The quantitative estimate of drug-likeness (QED) is 0.915. The van der Waals surface area contributed by atoms with E-state index in [4.69, 9.17) is 14.6 Å². The van der Waals surface area contributed by atoms with Gasteiger partial charge in [0.15, 0.2) is 17.2 Å². The predicted octanol–water partition coefficient (Wildman–Crippen LogP) is 2.27. The molecule has 112 valence electrons. The van der Waals surface area contributed by atoms with Crippen LogP contribution in [0.2, 0.25) is 0 Å². The maximum atomic E-state index is 13.2. The third kappa shape index (κ3) is 2.67. The van der Waals surface area contributed by atoms with Gasteiger partial charge in [-0.2, -0.15) is 5.10 Å². The second kappa shape index (κ2) is 5.82. The smallest absolute Gasteiger partial charge is 0.356 e. The largest absolute Gasteiger partial charge is 0.493 e.